The Labute approximate surface area is 99.0 Å². The van der Waals surface area contributed by atoms with E-state index < -0.39 is 0 Å². The molecule has 3 heterocycles. The second-order valence-electron chi connectivity index (χ2n) is 4.58. The highest BCUT2D eigenvalue weighted by atomic mass is 16.3. The van der Waals surface area contributed by atoms with Crippen LogP contribution in [0.2, 0.25) is 0 Å². The predicted octanol–water partition coefficient (Wildman–Crippen LogP) is 0.613. The van der Waals surface area contributed by atoms with Crippen molar-refractivity contribution in [3.63, 3.8) is 0 Å². The number of likely N-dealkylation sites (tertiary alicyclic amines) is 2. The van der Waals surface area contributed by atoms with E-state index in [0.717, 1.165) is 25.4 Å². The van der Waals surface area contributed by atoms with Crippen LogP contribution in [-0.4, -0.2) is 40.7 Å². The summed E-state index contributed by atoms with van der Waals surface area (Å²) in [6.07, 6.45) is 2.42. The second-order valence-corrected chi connectivity index (χ2v) is 4.58. The summed E-state index contributed by atoms with van der Waals surface area (Å²) in [5.41, 5.74) is 0. The fourth-order valence-corrected chi connectivity index (χ4v) is 2.46. The average molecular weight is 234 g/mol. The molecule has 0 aromatic carbocycles. The first-order chi connectivity index (χ1) is 8.24. The first-order valence-electron chi connectivity index (χ1n) is 5.83. The summed E-state index contributed by atoms with van der Waals surface area (Å²) in [6.45, 7) is 2.27. The minimum Gasteiger partial charge on any atom is -0.468 e. The Morgan fingerprint density at radius 2 is 1.94 bits per heavy atom. The number of imide groups is 1. The van der Waals surface area contributed by atoms with Crippen LogP contribution < -0.4 is 0 Å². The molecule has 0 radical (unpaired) electrons. The molecule has 0 unspecified atom stereocenters. The van der Waals surface area contributed by atoms with E-state index in [1.807, 2.05) is 12.1 Å². The molecule has 3 rings (SSSR count). The molecule has 90 valence electrons. The number of nitrogens with zero attached hydrogens (tertiary/aromatic N) is 2. The van der Waals surface area contributed by atoms with Crippen molar-refractivity contribution in [1.29, 1.82) is 0 Å². The fourth-order valence-electron chi connectivity index (χ4n) is 2.46. The van der Waals surface area contributed by atoms with Crippen molar-refractivity contribution in [2.75, 3.05) is 13.1 Å². The molecule has 2 aliphatic rings. The molecule has 2 saturated heterocycles. The van der Waals surface area contributed by atoms with Gasteiger partial charge in [-0.1, -0.05) is 0 Å². The lowest BCUT2D eigenvalue weighted by Crippen LogP contribution is -2.60. The van der Waals surface area contributed by atoms with Gasteiger partial charge in [0.05, 0.1) is 18.8 Å². The van der Waals surface area contributed by atoms with E-state index in [2.05, 4.69) is 4.90 Å². The van der Waals surface area contributed by atoms with Crippen LogP contribution in [0.15, 0.2) is 22.8 Å². The first-order valence-corrected chi connectivity index (χ1v) is 5.83. The zero-order chi connectivity index (χ0) is 11.8. The van der Waals surface area contributed by atoms with Gasteiger partial charge in [0.15, 0.2) is 0 Å². The minimum absolute atomic E-state index is 0.0161. The summed E-state index contributed by atoms with van der Waals surface area (Å²) in [5.74, 6) is 0.887. The number of furan rings is 1. The molecule has 0 atom stereocenters. The Kier molecular flexibility index (Phi) is 2.48. The van der Waals surface area contributed by atoms with Crippen molar-refractivity contribution in [2.24, 2.45) is 0 Å². The number of amides is 2. The molecule has 2 amide bonds. The van der Waals surface area contributed by atoms with E-state index in [0.29, 0.717) is 12.8 Å². The van der Waals surface area contributed by atoms with Crippen molar-refractivity contribution in [2.45, 2.75) is 25.4 Å². The number of carbonyl (C=O) groups excluding carboxylic acids is 2. The van der Waals surface area contributed by atoms with Crippen LogP contribution in [-0.2, 0) is 16.1 Å². The van der Waals surface area contributed by atoms with Gasteiger partial charge in [0.1, 0.15) is 5.76 Å². The van der Waals surface area contributed by atoms with E-state index >= 15 is 0 Å². The number of hydrogen-bond acceptors (Lipinski definition) is 4. The van der Waals surface area contributed by atoms with Crippen LogP contribution >= 0.6 is 0 Å². The summed E-state index contributed by atoms with van der Waals surface area (Å²) in [4.78, 5) is 26.6. The predicted molar refractivity (Wildman–Crippen MR) is 58.9 cm³/mol. The number of carbonyl (C=O) groups is 2. The zero-order valence-electron chi connectivity index (χ0n) is 9.46. The Bertz CT molecular complexity index is 419. The quantitative estimate of drug-likeness (QED) is 0.719. The molecular formula is C12H14N2O3. The Morgan fingerprint density at radius 3 is 2.53 bits per heavy atom. The standard InChI is InChI=1S/C12H14N2O3/c15-11-3-4-12(16)14(11)9-6-13(7-9)8-10-2-1-5-17-10/h1-2,5,9H,3-4,6-8H2. The first kappa shape index (κ1) is 10.5. The van der Waals surface area contributed by atoms with Gasteiger partial charge in [-0.3, -0.25) is 19.4 Å². The second kappa shape index (κ2) is 4.00. The van der Waals surface area contributed by atoms with Gasteiger partial charge in [-0.05, 0) is 12.1 Å². The smallest absolute Gasteiger partial charge is 0.230 e. The molecule has 0 saturated carbocycles. The highest BCUT2D eigenvalue weighted by molar-refractivity contribution is 6.02. The van der Waals surface area contributed by atoms with Gasteiger partial charge in [0.2, 0.25) is 11.8 Å². The maximum atomic E-state index is 11.5. The fraction of sp³-hybridized carbons (Fsp3) is 0.500. The molecule has 1 aromatic rings. The van der Waals surface area contributed by atoms with Crippen molar-refractivity contribution in [1.82, 2.24) is 9.80 Å². The maximum absolute atomic E-state index is 11.5. The van der Waals surface area contributed by atoms with Crippen LogP contribution in [0.4, 0.5) is 0 Å². The van der Waals surface area contributed by atoms with Crippen LogP contribution in [0.5, 0.6) is 0 Å². The van der Waals surface area contributed by atoms with Crippen molar-refractivity contribution >= 4 is 11.8 Å². The topological polar surface area (TPSA) is 53.8 Å². The largest absolute Gasteiger partial charge is 0.468 e. The third-order valence-corrected chi connectivity index (χ3v) is 3.35. The summed E-state index contributed by atoms with van der Waals surface area (Å²) >= 11 is 0. The highest BCUT2D eigenvalue weighted by Gasteiger charge is 2.41. The summed E-state index contributed by atoms with van der Waals surface area (Å²) < 4.78 is 5.25. The third-order valence-electron chi connectivity index (χ3n) is 3.35. The van der Waals surface area contributed by atoms with Gasteiger partial charge in [-0.25, -0.2) is 0 Å². The van der Waals surface area contributed by atoms with Gasteiger partial charge in [0, 0.05) is 25.9 Å². The molecule has 0 bridgehead atoms. The number of hydrogen-bond donors (Lipinski definition) is 0. The summed E-state index contributed by atoms with van der Waals surface area (Å²) in [7, 11) is 0. The van der Waals surface area contributed by atoms with Gasteiger partial charge >= 0.3 is 0 Å². The van der Waals surface area contributed by atoms with Crippen LogP contribution in [0.1, 0.15) is 18.6 Å². The monoisotopic (exact) mass is 234 g/mol. The van der Waals surface area contributed by atoms with Crippen LogP contribution in [0, 0.1) is 0 Å². The maximum Gasteiger partial charge on any atom is 0.230 e. The normalized spacial score (nSPS) is 22.2. The molecule has 5 nitrogen and oxygen atoms in total. The molecule has 17 heavy (non-hydrogen) atoms. The van der Waals surface area contributed by atoms with Gasteiger partial charge in [-0.2, -0.15) is 0 Å². The molecule has 2 fully saturated rings. The van der Waals surface area contributed by atoms with Crippen molar-refractivity contribution < 1.29 is 14.0 Å². The Morgan fingerprint density at radius 1 is 1.24 bits per heavy atom. The van der Waals surface area contributed by atoms with E-state index in [9.17, 15) is 9.59 Å². The van der Waals surface area contributed by atoms with Crippen LogP contribution in [0.3, 0.4) is 0 Å². The Hall–Kier alpha value is -1.62. The molecule has 2 aliphatic heterocycles. The lowest BCUT2D eigenvalue weighted by Gasteiger charge is -2.42. The van der Waals surface area contributed by atoms with E-state index in [1.165, 1.54) is 4.90 Å². The molecule has 5 heteroatoms. The third kappa shape index (κ3) is 1.86. The molecule has 0 spiro atoms. The van der Waals surface area contributed by atoms with E-state index in [4.69, 9.17) is 4.42 Å². The SMILES string of the molecule is O=C1CCC(=O)N1C1CN(Cc2ccco2)C1. The average Bonchev–Trinajstić information content (AvgIpc) is 2.84. The van der Waals surface area contributed by atoms with Crippen molar-refractivity contribution in [3.8, 4) is 0 Å². The highest BCUT2D eigenvalue weighted by Crippen LogP contribution is 2.23. The van der Waals surface area contributed by atoms with Gasteiger partial charge < -0.3 is 4.42 Å². The summed E-state index contributed by atoms with van der Waals surface area (Å²) in [5, 5.41) is 0. The minimum atomic E-state index is -0.0161. The summed E-state index contributed by atoms with van der Waals surface area (Å²) in [6, 6.07) is 3.87. The van der Waals surface area contributed by atoms with Crippen molar-refractivity contribution in [3.05, 3.63) is 24.2 Å². The van der Waals surface area contributed by atoms with E-state index in [1.54, 1.807) is 6.26 Å². The zero-order valence-corrected chi connectivity index (χ0v) is 9.46. The van der Waals surface area contributed by atoms with E-state index in [-0.39, 0.29) is 17.9 Å². The number of rotatable bonds is 3. The Balaban J connectivity index is 1.54. The van der Waals surface area contributed by atoms with Gasteiger partial charge in [0.25, 0.3) is 0 Å². The molecule has 1 aromatic heterocycles. The molecule has 0 aliphatic carbocycles. The lowest BCUT2D eigenvalue weighted by molar-refractivity contribution is -0.145. The lowest BCUT2D eigenvalue weighted by atomic mass is 10.1. The van der Waals surface area contributed by atoms with Crippen LogP contribution in [0.25, 0.3) is 0 Å². The molecular weight excluding hydrogens is 220 g/mol. The van der Waals surface area contributed by atoms with Gasteiger partial charge in [-0.15, -0.1) is 0 Å². The molecule has 0 N–H and O–H groups in total.